The molecule has 0 aromatic carbocycles. The second kappa shape index (κ2) is 10.5. The smallest absolute Gasteiger partial charge is 0.404 e. The number of nitrogens with zero attached hydrogens (tertiary/aromatic N) is 1. The van der Waals surface area contributed by atoms with Gasteiger partial charge in [0, 0.05) is 12.4 Å². The molecule has 0 saturated carbocycles. The first-order valence-electron chi connectivity index (χ1n) is 5.04. The van der Waals surface area contributed by atoms with E-state index in [1.807, 2.05) is 18.2 Å². The van der Waals surface area contributed by atoms with Gasteiger partial charge in [-0.05, 0) is 18.6 Å². The van der Waals surface area contributed by atoms with E-state index in [9.17, 15) is 4.79 Å². The highest BCUT2D eigenvalue weighted by atomic mass is 16.5. The van der Waals surface area contributed by atoms with Crippen LogP contribution in [0.3, 0.4) is 0 Å². The number of hydrogen-bond acceptors (Lipinski definition) is 3. The monoisotopic (exact) mass is 210 g/mol. The van der Waals surface area contributed by atoms with Crippen LogP contribution in [0.2, 0.25) is 0 Å². The van der Waals surface area contributed by atoms with Crippen molar-refractivity contribution in [2.45, 2.75) is 26.2 Å². The summed E-state index contributed by atoms with van der Waals surface area (Å²) in [4.78, 5) is 13.7. The molecule has 4 heteroatoms. The second-order valence-electron chi connectivity index (χ2n) is 2.90. The van der Waals surface area contributed by atoms with Gasteiger partial charge in [0.1, 0.15) is 0 Å². The third-order valence-electron chi connectivity index (χ3n) is 1.56. The summed E-state index contributed by atoms with van der Waals surface area (Å²) in [5.41, 5.74) is 4.71. The van der Waals surface area contributed by atoms with Gasteiger partial charge in [-0.3, -0.25) is 4.98 Å². The first-order chi connectivity index (χ1) is 7.27. The molecule has 1 aromatic heterocycles. The Morgan fingerprint density at radius 3 is 2.27 bits per heavy atom. The highest BCUT2D eigenvalue weighted by molar-refractivity contribution is 5.64. The predicted octanol–water partition coefficient (Wildman–Crippen LogP) is 2.35. The standard InChI is InChI=1S/C6H13NO2.C5H5N/c1-2-3-4-5-9-6(7)8;1-2-4-6-5-3-1/h2-5H2,1H3,(H2,7,8);1-5H. The first kappa shape index (κ1) is 13.4. The van der Waals surface area contributed by atoms with Crippen molar-refractivity contribution in [3.05, 3.63) is 30.6 Å². The molecule has 0 aliphatic rings. The largest absolute Gasteiger partial charge is 0.450 e. The maximum Gasteiger partial charge on any atom is 0.404 e. The lowest BCUT2D eigenvalue weighted by Gasteiger charge is -1.97. The summed E-state index contributed by atoms with van der Waals surface area (Å²) < 4.78 is 4.48. The Labute approximate surface area is 90.5 Å². The van der Waals surface area contributed by atoms with Gasteiger partial charge in [-0.2, -0.15) is 0 Å². The van der Waals surface area contributed by atoms with E-state index < -0.39 is 6.09 Å². The normalized spacial score (nSPS) is 8.60. The molecule has 0 fully saturated rings. The molecule has 0 aliphatic heterocycles. The molecule has 1 rings (SSSR count). The number of unbranched alkanes of at least 4 members (excludes halogenated alkanes) is 2. The Kier molecular flexibility index (Phi) is 9.39. The van der Waals surface area contributed by atoms with Crippen molar-refractivity contribution in [2.24, 2.45) is 5.73 Å². The van der Waals surface area contributed by atoms with E-state index in [0.717, 1.165) is 19.3 Å². The third kappa shape index (κ3) is 12.4. The number of hydrogen-bond donors (Lipinski definition) is 1. The number of carbonyl (C=O) groups excluding carboxylic acids is 1. The molecule has 2 N–H and O–H groups in total. The molecule has 1 amide bonds. The molecule has 0 spiro atoms. The van der Waals surface area contributed by atoms with E-state index in [2.05, 4.69) is 16.6 Å². The maximum atomic E-state index is 9.96. The number of carbonyl (C=O) groups is 1. The summed E-state index contributed by atoms with van der Waals surface area (Å²) in [7, 11) is 0. The molecule has 15 heavy (non-hydrogen) atoms. The van der Waals surface area contributed by atoms with Gasteiger partial charge in [-0.15, -0.1) is 0 Å². The number of ether oxygens (including phenoxy) is 1. The van der Waals surface area contributed by atoms with Crippen molar-refractivity contribution in [3.8, 4) is 0 Å². The SMILES string of the molecule is CCCCCOC(N)=O.c1ccncc1. The summed E-state index contributed by atoms with van der Waals surface area (Å²) in [6, 6.07) is 5.72. The average molecular weight is 210 g/mol. The molecule has 0 aliphatic carbocycles. The van der Waals surface area contributed by atoms with Crippen molar-refractivity contribution in [3.63, 3.8) is 0 Å². The Balaban J connectivity index is 0.000000280. The average Bonchev–Trinajstić information content (AvgIpc) is 2.28. The fourth-order valence-corrected chi connectivity index (χ4v) is 0.837. The third-order valence-corrected chi connectivity index (χ3v) is 1.56. The van der Waals surface area contributed by atoms with E-state index in [1.165, 1.54) is 0 Å². The number of nitrogens with two attached hydrogens (primary N) is 1. The number of amides is 1. The van der Waals surface area contributed by atoms with Gasteiger partial charge in [0.25, 0.3) is 0 Å². The zero-order chi connectivity index (χ0) is 11.4. The number of pyridine rings is 1. The molecule has 1 aromatic rings. The predicted molar refractivity (Wildman–Crippen MR) is 59.3 cm³/mol. The van der Waals surface area contributed by atoms with Gasteiger partial charge in [-0.1, -0.05) is 25.8 Å². The summed E-state index contributed by atoms with van der Waals surface area (Å²) in [6.07, 6.45) is 5.96. The Morgan fingerprint density at radius 1 is 1.27 bits per heavy atom. The molecule has 0 atom stereocenters. The molecule has 0 bridgehead atoms. The van der Waals surface area contributed by atoms with Gasteiger partial charge in [0.05, 0.1) is 6.61 Å². The van der Waals surface area contributed by atoms with Crippen LogP contribution < -0.4 is 5.73 Å². The van der Waals surface area contributed by atoms with E-state index in [1.54, 1.807) is 12.4 Å². The Bertz CT molecular complexity index is 213. The molecule has 1 heterocycles. The molecule has 4 nitrogen and oxygen atoms in total. The van der Waals surface area contributed by atoms with Crippen LogP contribution in [0.4, 0.5) is 4.79 Å². The maximum absolute atomic E-state index is 9.96. The van der Waals surface area contributed by atoms with Crippen LogP contribution in [-0.4, -0.2) is 17.7 Å². The van der Waals surface area contributed by atoms with Crippen molar-refractivity contribution < 1.29 is 9.53 Å². The van der Waals surface area contributed by atoms with Gasteiger partial charge in [0.2, 0.25) is 0 Å². The Hall–Kier alpha value is -1.58. The highest BCUT2D eigenvalue weighted by Gasteiger charge is 1.90. The lowest BCUT2D eigenvalue weighted by Crippen LogP contribution is -2.13. The van der Waals surface area contributed by atoms with Crippen LogP contribution in [0, 0.1) is 0 Å². The lowest BCUT2D eigenvalue weighted by molar-refractivity contribution is 0.154. The van der Waals surface area contributed by atoms with Crippen molar-refractivity contribution >= 4 is 6.09 Å². The van der Waals surface area contributed by atoms with Gasteiger partial charge >= 0.3 is 6.09 Å². The van der Waals surface area contributed by atoms with Crippen LogP contribution in [0.25, 0.3) is 0 Å². The van der Waals surface area contributed by atoms with E-state index in [4.69, 9.17) is 5.73 Å². The summed E-state index contributed by atoms with van der Waals surface area (Å²) >= 11 is 0. The number of rotatable bonds is 4. The molecule has 0 saturated heterocycles. The zero-order valence-corrected chi connectivity index (χ0v) is 9.06. The highest BCUT2D eigenvalue weighted by Crippen LogP contribution is 1.93. The molecular weight excluding hydrogens is 192 g/mol. The van der Waals surface area contributed by atoms with E-state index in [0.29, 0.717) is 6.61 Å². The minimum atomic E-state index is -0.675. The van der Waals surface area contributed by atoms with Crippen LogP contribution in [0.1, 0.15) is 26.2 Å². The summed E-state index contributed by atoms with van der Waals surface area (Å²) in [5.74, 6) is 0. The number of aromatic nitrogens is 1. The quantitative estimate of drug-likeness (QED) is 0.776. The van der Waals surface area contributed by atoms with Crippen molar-refractivity contribution in [2.75, 3.05) is 6.61 Å². The topological polar surface area (TPSA) is 65.2 Å². The summed E-state index contributed by atoms with van der Waals surface area (Å²) in [5, 5.41) is 0. The minimum Gasteiger partial charge on any atom is -0.450 e. The zero-order valence-electron chi connectivity index (χ0n) is 9.06. The molecule has 84 valence electrons. The first-order valence-corrected chi connectivity index (χ1v) is 5.04. The molecular formula is C11H18N2O2. The van der Waals surface area contributed by atoms with Crippen LogP contribution in [0.15, 0.2) is 30.6 Å². The van der Waals surface area contributed by atoms with Crippen LogP contribution >= 0.6 is 0 Å². The molecule has 0 unspecified atom stereocenters. The molecule has 0 radical (unpaired) electrons. The van der Waals surface area contributed by atoms with E-state index in [-0.39, 0.29) is 0 Å². The van der Waals surface area contributed by atoms with Gasteiger partial charge in [-0.25, -0.2) is 4.79 Å². The van der Waals surface area contributed by atoms with Crippen LogP contribution in [-0.2, 0) is 4.74 Å². The summed E-state index contributed by atoms with van der Waals surface area (Å²) in [6.45, 7) is 2.55. The Morgan fingerprint density at radius 2 is 1.93 bits per heavy atom. The minimum absolute atomic E-state index is 0.461. The van der Waals surface area contributed by atoms with E-state index >= 15 is 0 Å². The fourth-order valence-electron chi connectivity index (χ4n) is 0.837. The second-order valence-corrected chi connectivity index (χ2v) is 2.90. The van der Waals surface area contributed by atoms with Crippen LogP contribution in [0.5, 0.6) is 0 Å². The lowest BCUT2D eigenvalue weighted by atomic mass is 10.3. The number of primary amides is 1. The van der Waals surface area contributed by atoms with Gasteiger partial charge in [0.15, 0.2) is 0 Å². The van der Waals surface area contributed by atoms with Gasteiger partial charge < -0.3 is 10.5 Å². The fraction of sp³-hybridized carbons (Fsp3) is 0.455. The van der Waals surface area contributed by atoms with Crippen molar-refractivity contribution in [1.29, 1.82) is 0 Å². The van der Waals surface area contributed by atoms with Crippen molar-refractivity contribution in [1.82, 2.24) is 4.98 Å².